The van der Waals surface area contributed by atoms with Crippen LogP contribution in [0.1, 0.15) is 17.7 Å². The Kier molecular flexibility index (Phi) is 6.14. The summed E-state index contributed by atoms with van der Waals surface area (Å²) in [5, 5.41) is 5.36. The quantitative estimate of drug-likeness (QED) is 0.689. The van der Waals surface area contributed by atoms with E-state index in [0.29, 0.717) is 25.9 Å². The lowest BCUT2D eigenvalue weighted by atomic mass is 10.1. The zero-order chi connectivity index (χ0) is 19.1. The fourth-order valence-corrected chi connectivity index (χ4v) is 2.95. The van der Waals surface area contributed by atoms with Gasteiger partial charge in [0, 0.05) is 31.4 Å². The topological polar surface area (TPSA) is 91.4 Å². The first-order chi connectivity index (χ1) is 13.1. The summed E-state index contributed by atoms with van der Waals surface area (Å²) in [5.41, 5.74) is 1.93. The van der Waals surface area contributed by atoms with Crippen molar-refractivity contribution in [3.8, 4) is 0 Å². The lowest BCUT2D eigenvalue weighted by molar-refractivity contribution is -0.130. The van der Waals surface area contributed by atoms with Crippen LogP contribution in [0.5, 0.6) is 0 Å². The van der Waals surface area contributed by atoms with E-state index < -0.39 is 12.1 Å². The third-order valence-electron chi connectivity index (χ3n) is 4.39. The van der Waals surface area contributed by atoms with Gasteiger partial charge in [-0.15, -0.1) is 0 Å². The number of hydrogen-bond donors (Lipinski definition) is 2. The van der Waals surface area contributed by atoms with Crippen molar-refractivity contribution in [2.75, 3.05) is 13.1 Å². The smallest absolute Gasteiger partial charge is 0.324 e. The van der Waals surface area contributed by atoms with Crippen molar-refractivity contribution >= 4 is 17.8 Å². The lowest BCUT2D eigenvalue weighted by Crippen LogP contribution is -2.37. The van der Waals surface area contributed by atoms with E-state index in [4.69, 9.17) is 0 Å². The van der Waals surface area contributed by atoms with Gasteiger partial charge in [0.05, 0.1) is 6.42 Å². The molecule has 1 aromatic heterocycles. The van der Waals surface area contributed by atoms with Crippen molar-refractivity contribution in [2.45, 2.75) is 25.3 Å². The minimum atomic E-state index is -0.803. The van der Waals surface area contributed by atoms with Gasteiger partial charge < -0.3 is 10.6 Å². The third-order valence-corrected chi connectivity index (χ3v) is 4.39. The maximum Gasteiger partial charge on any atom is 0.324 e. The zero-order valence-corrected chi connectivity index (χ0v) is 14.9. The summed E-state index contributed by atoms with van der Waals surface area (Å²) < 4.78 is 0. The lowest BCUT2D eigenvalue weighted by Gasteiger charge is -2.13. The first-order valence-electron chi connectivity index (χ1n) is 8.96. The molecule has 0 radical (unpaired) electrons. The Morgan fingerprint density at radius 2 is 1.85 bits per heavy atom. The first kappa shape index (κ1) is 18.6. The van der Waals surface area contributed by atoms with Crippen molar-refractivity contribution < 1.29 is 14.4 Å². The molecule has 0 spiro atoms. The first-order valence-corrected chi connectivity index (χ1v) is 8.96. The monoisotopic (exact) mass is 366 g/mol. The van der Waals surface area contributed by atoms with E-state index in [-0.39, 0.29) is 18.2 Å². The summed E-state index contributed by atoms with van der Waals surface area (Å²) in [5.74, 6) is -0.620. The molecule has 2 aromatic rings. The zero-order valence-electron chi connectivity index (χ0n) is 14.9. The summed E-state index contributed by atoms with van der Waals surface area (Å²) in [6, 6.07) is 14.0. The fraction of sp³-hybridized carbons (Fsp3) is 0.300. The number of aromatic nitrogens is 1. The van der Waals surface area contributed by atoms with Gasteiger partial charge in [-0.25, -0.2) is 4.79 Å². The van der Waals surface area contributed by atoms with Crippen LogP contribution in [-0.4, -0.2) is 46.9 Å². The van der Waals surface area contributed by atoms with Crippen LogP contribution >= 0.6 is 0 Å². The molecular formula is C20H22N4O3. The van der Waals surface area contributed by atoms with E-state index >= 15 is 0 Å². The molecule has 7 nitrogen and oxygen atoms in total. The minimum Gasteiger partial charge on any atom is -0.356 e. The Morgan fingerprint density at radius 3 is 2.59 bits per heavy atom. The van der Waals surface area contributed by atoms with Crippen molar-refractivity contribution in [1.82, 2.24) is 20.5 Å². The molecule has 27 heavy (non-hydrogen) atoms. The number of imide groups is 1. The van der Waals surface area contributed by atoms with Crippen LogP contribution in [0.3, 0.4) is 0 Å². The SMILES string of the molecule is O=C(C[C@H]1NC(=O)N(CCc2ccccc2)C1=O)NCCc1ccccn1. The second-order valence-electron chi connectivity index (χ2n) is 6.35. The molecule has 1 aromatic carbocycles. The van der Waals surface area contributed by atoms with Gasteiger partial charge in [0.1, 0.15) is 6.04 Å². The van der Waals surface area contributed by atoms with Crippen LogP contribution in [0.15, 0.2) is 54.7 Å². The van der Waals surface area contributed by atoms with Crippen molar-refractivity contribution in [2.24, 2.45) is 0 Å². The van der Waals surface area contributed by atoms with Crippen LogP contribution in [-0.2, 0) is 22.4 Å². The number of pyridine rings is 1. The Bertz CT molecular complexity index is 795. The molecule has 1 atom stereocenters. The van der Waals surface area contributed by atoms with E-state index in [1.54, 1.807) is 6.20 Å². The van der Waals surface area contributed by atoms with Gasteiger partial charge in [-0.3, -0.25) is 19.5 Å². The molecule has 1 aliphatic heterocycles. The molecule has 4 amide bonds. The summed E-state index contributed by atoms with van der Waals surface area (Å²) in [6.07, 6.45) is 2.84. The number of nitrogens with one attached hydrogen (secondary N) is 2. The van der Waals surface area contributed by atoms with Gasteiger partial charge in [0.15, 0.2) is 0 Å². The van der Waals surface area contributed by atoms with Crippen LogP contribution in [0.25, 0.3) is 0 Å². The van der Waals surface area contributed by atoms with E-state index in [9.17, 15) is 14.4 Å². The second kappa shape index (κ2) is 8.93. The molecule has 1 fully saturated rings. The third kappa shape index (κ3) is 5.13. The van der Waals surface area contributed by atoms with E-state index in [2.05, 4.69) is 15.6 Å². The van der Waals surface area contributed by atoms with Gasteiger partial charge in [-0.1, -0.05) is 36.4 Å². The number of hydrogen-bond acceptors (Lipinski definition) is 4. The molecule has 7 heteroatoms. The molecule has 0 saturated carbocycles. The predicted molar refractivity (Wildman–Crippen MR) is 99.7 cm³/mol. The van der Waals surface area contributed by atoms with E-state index in [1.165, 1.54) is 4.90 Å². The van der Waals surface area contributed by atoms with Crippen LogP contribution in [0, 0.1) is 0 Å². The standard InChI is InChI=1S/C20H22N4O3/c25-18(22-12-9-16-8-4-5-11-21-16)14-17-19(26)24(20(27)23-17)13-10-15-6-2-1-3-7-15/h1-8,11,17H,9-10,12-14H2,(H,22,25)(H,23,27)/t17-/m1/s1. The fourth-order valence-electron chi connectivity index (χ4n) is 2.95. The molecule has 2 heterocycles. The highest BCUT2D eigenvalue weighted by Crippen LogP contribution is 2.11. The molecule has 0 aliphatic carbocycles. The van der Waals surface area contributed by atoms with Crippen molar-refractivity contribution in [3.63, 3.8) is 0 Å². The second-order valence-corrected chi connectivity index (χ2v) is 6.35. The molecule has 1 aliphatic rings. The molecule has 140 valence electrons. The maximum atomic E-state index is 12.4. The minimum absolute atomic E-state index is 0.0609. The molecule has 3 rings (SSSR count). The average Bonchev–Trinajstić information content (AvgIpc) is 2.94. The van der Waals surface area contributed by atoms with Gasteiger partial charge >= 0.3 is 6.03 Å². The number of benzene rings is 1. The Hall–Kier alpha value is -3.22. The van der Waals surface area contributed by atoms with Crippen LogP contribution in [0.4, 0.5) is 4.79 Å². The number of carbonyl (C=O) groups excluding carboxylic acids is 3. The highest BCUT2D eigenvalue weighted by molar-refractivity contribution is 6.05. The average molecular weight is 366 g/mol. The van der Waals surface area contributed by atoms with Crippen LogP contribution in [0.2, 0.25) is 0 Å². The predicted octanol–water partition coefficient (Wildman–Crippen LogP) is 1.29. The summed E-state index contributed by atoms with van der Waals surface area (Å²) >= 11 is 0. The Balaban J connectivity index is 1.44. The summed E-state index contributed by atoms with van der Waals surface area (Å²) in [6.45, 7) is 0.731. The highest BCUT2D eigenvalue weighted by Gasteiger charge is 2.38. The van der Waals surface area contributed by atoms with Crippen molar-refractivity contribution in [3.05, 3.63) is 66.0 Å². The highest BCUT2D eigenvalue weighted by atomic mass is 16.2. The van der Waals surface area contributed by atoms with E-state index in [0.717, 1.165) is 11.3 Å². The van der Waals surface area contributed by atoms with Gasteiger partial charge in [0.25, 0.3) is 5.91 Å². The molecular weight excluding hydrogens is 344 g/mol. The van der Waals surface area contributed by atoms with Crippen molar-refractivity contribution in [1.29, 1.82) is 0 Å². The number of urea groups is 1. The Morgan fingerprint density at radius 1 is 1.07 bits per heavy atom. The number of nitrogens with zero attached hydrogens (tertiary/aromatic N) is 2. The maximum absolute atomic E-state index is 12.4. The molecule has 0 bridgehead atoms. The summed E-state index contributed by atoms with van der Waals surface area (Å²) in [7, 11) is 0. The van der Waals surface area contributed by atoms with Gasteiger partial charge in [0.2, 0.25) is 5.91 Å². The van der Waals surface area contributed by atoms with Gasteiger partial charge in [-0.05, 0) is 24.1 Å². The molecule has 0 unspecified atom stereocenters. The number of amides is 4. The van der Waals surface area contributed by atoms with E-state index in [1.807, 2.05) is 48.5 Å². The molecule has 1 saturated heterocycles. The van der Waals surface area contributed by atoms with Crippen LogP contribution < -0.4 is 10.6 Å². The van der Waals surface area contributed by atoms with Gasteiger partial charge in [-0.2, -0.15) is 0 Å². The number of carbonyl (C=O) groups is 3. The normalized spacial score (nSPS) is 16.3. The summed E-state index contributed by atoms with van der Waals surface area (Å²) in [4.78, 5) is 41.9. The largest absolute Gasteiger partial charge is 0.356 e. The molecule has 2 N–H and O–H groups in total. The number of rotatable bonds is 8. The Labute approximate surface area is 157 Å².